The van der Waals surface area contributed by atoms with Crippen LogP contribution in [0.3, 0.4) is 0 Å². The molecule has 1 aromatic rings. The lowest BCUT2D eigenvalue weighted by atomic mass is 10.2. The van der Waals surface area contributed by atoms with E-state index in [4.69, 9.17) is 9.15 Å². The van der Waals surface area contributed by atoms with Gasteiger partial charge in [-0.05, 0) is 32.9 Å². The highest BCUT2D eigenvalue weighted by Gasteiger charge is 2.15. The number of amides is 1. The van der Waals surface area contributed by atoms with Gasteiger partial charge < -0.3 is 25.1 Å². The Labute approximate surface area is 143 Å². The number of hydrogen-bond acceptors (Lipinski definition) is 4. The average molecular weight is 336 g/mol. The fourth-order valence-corrected chi connectivity index (χ4v) is 1.74. The summed E-state index contributed by atoms with van der Waals surface area (Å²) in [6.45, 7) is 11.3. The van der Waals surface area contributed by atoms with E-state index in [9.17, 15) is 4.79 Å². The number of furan rings is 1. The summed E-state index contributed by atoms with van der Waals surface area (Å²) in [5.41, 5.74) is -0.499. The number of nitrogens with one attached hydrogen (secondary N) is 3. The predicted molar refractivity (Wildman–Crippen MR) is 95.2 cm³/mol. The molecular weight excluding hydrogens is 308 g/mol. The maximum Gasteiger partial charge on any atom is 0.407 e. The second-order valence-electron chi connectivity index (χ2n) is 6.08. The lowest BCUT2D eigenvalue weighted by Crippen LogP contribution is -2.42. The maximum atomic E-state index is 11.5. The molecule has 0 aliphatic heterocycles. The summed E-state index contributed by atoms with van der Waals surface area (Å²) in [7, 11) is 0. The molecule has 0 fully saturated rings. The normalized spacial score (nSPS) is 11.7. The van der Waals surface area contributed by atoms with Crippen molar-refractivity contribution in [3.8, 4) is 0 Å². The van der Waals surface area contributed by atoms with Gasteiger partial charge in [-0.25, -0.2) is 4.79 Å². The second kappa shape index (κ2) is 10.4. The van der Waals surface area contributed by atoms with Crippen molar-refractivity contribution in [1.82, 2.24) is 16.0 Å². The van der Waals surface area contributed by atoms with Gasteiger partial charge in [-0.2, -0.15) is 0 Å². The molecule has 0 unspecified atom stereocenters. The lowest BCUT2D eigenvalue weighted by molar-refractivity contribution is 0.0529. The first-order chi connectivity index (χ1) is 11.4. The largest absolute Gasteiger partial charge is 0.469 e. The first kappa shape index (κ1) is 19.6. The molecule has 7 heteroatoms. The topological polar surface area (TPSA) is 87.9 Å². The van der Waals surface area contributed by atoms with Crippen LogP contribution in [0.25, 0.3) is 0 Å². The monoisotopic (exact) mass is 336 g/mol. The molecule has 0 saturated carbocycles. The Morgan fingerprint density at radius 1 is 1.33 bits per heavy atom. The van der Waals surface area contributed by atoms with Gasteiger partial charge in [0, 0.05) is 32.6 Å². The summed E-state index contributed by atoms with van der Waals surface area (Å²) in [4.78, 5) is 16.0. The first-order valence-corrected chi connectivity index (χ1v) is 8.03. The van der Waals surface area contributed by atoms with Gasteiger partial charge in [0.25, 0.3) is 0 Å². The molecule has 0 aliphatic carbocycles. The van der Waals surface area contributed by atoms with Crippen molar-refractivity contribution in [2.45, 2.75) is 32.8 Å². The summed E-state index contributed by atoms with van der Waals surface area (Å²) in [6, 6.07) is 3.78. The Morgan fingerprint density at radius 2 is 2.08 bits per heavy atom. The van der Waals surface area contributed by atoms with Gasteiger partial charge in [0.2, 0.25) is 0 Å². The van der Waals surface area contributed by atoms with E-state index in [1.54, 1.807) is 12.3 Å². The van der Waals surface area contributed by atoms with E-state index >= 15 is 0 Å². The van der Waals surface area contributed by atoms with Crippen LogP contribution in [0.4, 0.5) is 4.79 Å². The second-order valence-corrected chi connectivity index (χ2v) is 6.08. The standard InChI is InChI=1S/C17H28N4O3/c1-5-9-18-15(19-10-8-14-7-6-13-23-14)20-11-12-21-16(22)24-17(2,3)4/h5-7,13H,1,8-12H2,2-4H3,(H,21,22)(H2,18,19,20). The number of carbonyl (C=O) groups is 1. The molecule has 0 atom stereocenters. The summed E-state index contributed by atoms with van der Waals surface area (Å²) in [6.07, 6.45) is 3.70. The van der Waals surface area contributed by atoms with Crippen LogP contribution in [-0.2, 0) is 11.2 Å². The predicted octanol–water partition coefficient (Wildman–Crippen LogP) is 2.07. The SMILES string of the molecule is C=CCNC(=NCCc1ccco1)NCCNC(=O)OC(C)(C)C. The Kier molecular flexibility index (Phi) is 8.46. The van der Waals surface area contributed by atoms with Gasteiger partial charge in [0.1, 0.15) is 11.4 Å². The molecule has 1 heterocycles. The number of rotatable bonds is 8. The maximum absolute atomic E-state index is 11.5. The minimum atomic E-state index is -0.499. The number of nitrogens with zero attached hydrogens (tertiary/aromatic N) is 1. The number of alkyl carbamates (subject to hydrolysis) is 1. The van der Waals surface area contributed by atoms with Crippen LogP contribution in [0, 0.1) is 0 Å². The van der Waals surface area contributed by atoms with Crippen LogP contribution in [0.15, 0.2) is 40.5 Å². The molecule has 0 bridgehead atoms. The average Bonchev–Trinajstić information content (AvgIpc) is 2.99. The van der Waals surface area contributed by atoms with Crippen LogP contribution in [0.2, 0.25) is 0 Å². The number of guanidine groups is 1. The molecule has 1 aromatic heterocycles. The van der Waals surface area contributed by atoms with Crippen LogP contribution in [0.5, 0.6) is 0 Å². The highest BCUT2D eigenvalue weighted by Crippen LogP contribution is 2.06. The first-order valence-electron chi connectivity index (χ1n) is 8.03. The molecule has 0 saturated heterocycles. The molecule has 0 radical (unpaired) electrons. The molecular formula is C17H28N4O3. The van der Waals surface area contributed by atoms with Gasteiger partial charge in [-0.3, -0.25) is 4.99 Å². The van der Waals surface area contributed by atoms with E-state index in [2.05, 4.69) is 27.5 Å². The third kappa shape index (κ3) is 9.55. The summed E-state index contributed by atoms with van der Waals surface area (Å²) in [5.74, 6) is 1.56. The van der Waals surface area contributed by atoms with Crippen LogP contribution >= 0.6 is 0 Å². The third-order valence-corrected chi connectivity index (χ3v) is 2.71. The van der Waals surface area contributed by atoms with E-state index in [0.717, 1.165) is 12.2 Å². The summed E-state index contributed by atoms with van der Waals surface area (Å²) < 4.78 is 10.4. The summed E-state index contributed by atoms with van der Waals surface area (Å²) in [5, 5.41) is 8.95. The number of ether oxygens (including phenoxy) is 1. The zero-order valence-electron chi connectivity index (χ0n) is 14.7. The van der Waals surface area contributed by atoms with E-state index in [-0.39, 0.29) is 0 Å². The van der Waals surface area contributed by atoms with Gasteiger partial charge in [-0.1, -0.05) is 6.08 Å². The van der Waals surface area contributed by atoms with Crippen molar-refractivity contribution >= 4 is 12.1 Å². The molecule has 3 N–H and O–H groups in total. The summed E-state index contributed by atoms with van der Waals surface area (Å²) >= 11 is 0. The van der Waals surface area contributed by atoms with E-state index in [0.29, 0.717) is 32.1 Å². The Morgan fingerprint density at radius 3 is 2.71 bits per heavy atom. The molecule has 1 rings (SSSR count). The fourth-order valence-electron chi connectivity index (χ4n) is 1.74. The van der Waals surface area contributed by atoms with Gasteiger partial charge >= 0.3 is 6.09 Å². The van der Waals surface area contributed by atoms with Crippen molar-refractivity contribution in [3.63, 3.8) is 0 Å². The van der Waals surface area contributed by atoms with Gasteiger partial charge in [-0.15, -0.1) is 6.58 Å². The Balaban J connectivity index is 2.31. The Hall–Kier alpha value is -2.44. The molecule has 0 aromatic carbocycles. The van der Waals surface area contributed by atoms with E-state index in [1.807, 2.05) is 32.9 Å². The van der Waals surface area contributed by atoms with Crippen LogP contribution < -0.4 is 16.0 Å². The molecule has 0 aliphatic rings. The third-order valence-electron chi connectivity index (χ3n) is 2.71. The number of carbonyl (C=O) groups excluding carboxylic acids is 1. The molecule has 24 heavy (non-hydrogen) atoms. The van der Waals surface area contributed by atoms with Gasteiger partial charge in [0.05, 0.1) is 6.26 Å². The van der Waals surface area contributed by atoms with Crippen molar-refractivity contribution in [3.05, 3.63) is 36.8 Å². The van der Waals surface area contributed by atoms with Crippen LogP contribution in [-0.4, -0.2) is 43.8 Å². The zero-order valence-corrected chi connectivity index (χ0v) is 14.7. The fraction of sp³-hybridized carbons (Fsp3) is 0.529. The Bertz CT molecular complexity index is 518. The highest BCUT2D eigenvalue weighted by atomic mass is 16.6. The zero-order chi connectivity index (χ0) is 17.8. The van der Waals surface area contributed by atoms with Crippen molar-refractivity contribution in [1.29, 1.82) is 0 Å². The van der Waals surface area contributed by atoms with Crippen molar-refractivity contribution in [2.75, 3.05) is 26.2 Å². The minimum absolute atomic E-state index is 0.431. The smallest absolute Gasteiger partial charge is 0.407 e. The highest BCUT2D eigenvalue weighted by molar-refractivity contribution is 5.80. The van der Waals surface area contributed by atoms with Crippen LogP contribution in [0.1, 0.15) is 26.5 Å². The molecule has 1 amide bonds. The van der Waals surface area contributed by atoms with Gasteiger partial charge in [0.15, 0.2) is 5.96 Å². The van der Waals surface area contributed by atoms with Crippen molar-refractivity contribution < 1.29 is 13.9 Å². The minimum Gasteiger partial charge on any atom is -0.469 e. The van der Waals surface area contributed by atoms with E-state index < -0.39 is 11.7 Å². The quantitative estimate of drug-likeness (QED) is 0.293. The van der Waals surface area contributed by atoms with E-state index in [1.165, 1.54) is 0 Å². The number of aliphatic imine (C=N–C) groups is 1. The molecule has 7 nitrogen and oxygen atoms in total. The lowest BCUT2D eigenvalue weighted by Gasteiger charge is -2.19. The molecule has 0 spiro atoms. The number of hydrogen-bond donors (Lipinski definition) is 3. The molecule has 134 valence electrons. The van der Waals surface area contributed by atoms with Crippen molar-refractivity contribution in [2.24, 2.45) is 4.99 Å².